The topological polar surface area (TPSA) is 85.7 Å². The Hall–Kier alpha value is -3.06. The van der Waals surface area contributed by atoms with E-state index in [4.69, 9.17) is 16.4 Å². The van der Waals surface area contributed by atoms with Crippen LogP contribution in [0.5, 0.6) is 0 Å². The quantitative estimate of drug-likeness (QED) is 0.567. The first-order valence-electron chi connectivity index (χ1n) is 8.53. The maximum atomic E-state index is 9.09. The summed E-state index contributed by atoms with van der Waals surface area (Å²) < 4.78 is 0. The minimum absolute atomic E-state index is 0.212. The number of fused-ring (bicyclic) bond motifs is 1. The van der Waals surface area contributed by atoms with Gasteiger partial charge in [-0.2, -0.15) is 5.26 Å². The highest BCUT2D eigenvalue weighted by Gasteiger charge is 2.20. The van der Waals surface area contributed by atoms with Crippen molar-refractivity contribution in [1.82, 2.24) is 0 Å². The van der Waals surface area contributed by atoms with Gasteiger partial charge < -0.3 is 16.5 Å². The normalized spacial score (nSPS) is 16.2. The van der Waals surface area contributed by atoms with Gasteiger partial charge in [-0.25, -0.2) is 0 Å². The van der Waals surface area contributed by atoms with E-state index in [9.17, 15) is 0 Å². The van der Waals surface area contributed by atoms with Crippen LogP contribution in [0.3, 0.4) is 0 Å². The van der Waals surface area contributed by atoms with Crippen molar-refractivity contribution in [2.75, 3.05) is 11.1 Å². The summed E-state index contributed by atoms with van der Waals surface area (Å²) in [5.41, 5.74) is 12.0. The standard InChI is InChI=1S/C21H22N4/c1-2-4-19(23)18-12-16(8-10-20(18)24)25-21-6-3-5-15-11-14(13-22)7-9-17(15)21/h2,4,7-12,21,23,25H,3,5-6,24H2,1H3/b4-2+,23-19?. The van der Waals surface area contributed by atoms with Gasteiger partial charge in [0.2, 0.25) is 0 Å². The fraction of sp³-hybridized carbons (Fsp3) is 0.238. The van der Waals surface area contributed by atoms with Gasteiger partial charge in [0, 0.05) is 16.9 Å². The Balaban J connectivity index is 1.88. The van der Waals surface area contributed by atoms with Gasteiger partial charge in [0.1, 0.15) is 0 Å². The molecule has 0 aromatic heterocycles. The van der Waals surface area contributed by atoms with Gasteiger partial charge in [0.05, 0.1) is 23.4 Å². The first kappa shape index (κ1) is 16.8. The summed E-state index contributed by atoms with van der Waals surface area (Å²) in [6.45, 7) is 1.89. The van der Waals surface area contributed by atoms with Gasteiger partial charge in [-0.3, -0.25) is 0 Å². The van der Waals surface area contributed by atoms with E-state index in [-0.39, 0.29) is 6.04 Å². The number of nitriles is 1. The summed E-state index contributed by atoms with van der Waals surface area (Å²) in [5.74, 6) is 0. The van der Waals surface area contributed by atoms with Crippen molar-refractivity contribution < 1.29 is 0 Å². The third-order valence-electron chi connectivity index (χ3n) is 4.60. The van der Waals surface area contributed by atoms with Gasteiger partial charge in [-0.15, -0.1) is 0 Å². The Morgan fingerprint density at radius 3 is 2.92 bits per heavy atom. The number of nitrogen functional groups attached to an aromatic ring is 1. The van der Waals surface area contributed by atoms with Crippen molar-refractivity contribution in [2.24, 2.45) is 0 Å². The summed E-state index contributed by atoms with van der Waals surface area (Å²) in [4.78, 5) is 0. The number of nitrogens with one attached hydrogen (secondary N) is 2. The van der Waals surface area contributed by atoms with E-state index in [1.54, 1.807) is 6.08 Å². The summed E-state index contributed by atoms with van der Waals surface area (Å²) >= 11 is 0. The smallest absolute Gasteiger partial charge is 0.0991 e. The summed E-state index contributed by atoms with van der Waals surface area (Å²) in [6.07, 6.45) is 6.74. The Morgan fingerprint density at radius 2 is 2.16 bits per heavy atom. The van der Waals surface area contributed by atoms with Crippen molar-refractivity contribution in [3.63, 3.8) is 0 Å². The van der Waals surface area contributed by atoms with Gasteiger partial charge in [0.15, 0.2) is 0 Å². The van der Waals surface area contributed by atoms with E-state index in [1.165, 1.54) is 11.1 Å². The zero-order chi connectivity index (χ0) is 17.8. The van der Waals surface area contributed by atoms with Crippen LogP contribution < -0.4 is 11.1 Å². The Bertz CT molecular complexity index is 874. The molecule has 0 fully saturated rings. The lowest BCUT2D eigenvalue weighted by molar-refractivity contribution is 0.600. The van der Waals surface area contributed by atoms with Crippen LogP contribution in [0.4, 0.5) is 11.4 Å². The second-order valence-corrected chi connectivity index (χ2v) is 6.33. The molecular weight excluding hydrogens is 308 g/mol. The van der Waals surface area contributed by atoms with E-state index in [1.807, 2.05) is 43.3 Å². The number of allylic oxidation sites excluding steroid dienone is 2. The predicted octanol–water partition coefficient (Wildman–Crippen LogP) is 4.57. The van der Waals surface area contributed by atoms with E-state index >= 15 is 0 Å². The van der Waals surface area contributed by atoms with E-state index < -0.39 is 0 Å². The van der Waals surface area contributed by atoms with Crippen LogP contribution in [0, 0.1) is 16.7 Å². The van der Waals surface area contributed by atoms with Crippen LogP contribution in [0.2, 0.25) is 0 Å². The molecule has 0 bridgehead atoms. The molecule has 3 rings (SSSR count). The van der Waals surface area contributed by atoms with Gasteiger partial charge in [0.25, 0.3) is 0 Å². The number of aryl methyl sites for hydroxylation is 1. The second-order valence-electron chi connectivity index (χ2n) is 6.33. The molecule has 1 atom stereocenters. The number of nitrogens with two attached hydrogens (primary N) is 1. The maximum absolute atomic E-state index is 9.09. The van der Waals surface area contributed by atoms with Crippen molar-refractivity contribution in [2.45, 2.75) is 32.2 Å². The lowest BCUT2D eigenvalue weighted by atomic mass is 9.86. The fourth-order valence-corrected chi connectivity index (χ4v) is 3.37. The highest BCUT2D eigenvalue weighted by Crippen LogP contribution is 2.33. The number of benzene rings is 2. The molecular formula is C21H22N4. The van der Waals surface area contributed by atoms with E-state index in [0.29, 0.717) is 17.0 Å². The molecule has 0 spiro atoms. The molecule has 0 heterocycles. The molecule has 126 valence electrons. The number of nitrogens with zero attached hydrogens (tertiary/aromatic N) is 1. The SMILES string of the molecule is C/C=C/C(=N)c1cc(NC2CCCc3cc(C#N)ccc32)ccc1N. The summed E-state index contributed by atoms with van der Waals surface area (Å²) in [5, 5.41) is 20.8. The van der Waals surface area contributed by atoms with Gasteiger partial charge in [-0.1, -0.05) is 12.1 Å². The Labute approximate surface area is 148 Å². The van der Waals surface area contributed by atoms with Gasteiger partial charge >= 0.3 is 0 Å². The second kappa shape index (κ2) is 7.23. The lowest BCUT2D eigenvalue weighted by Gasteiger charge is -2.27. The van der Waals surface area contributed by atoms with Crippen molar-refractivity contribution in [3.8, 4) is 6.07 Å². The molecule has 1 aliphatic carbocycles. The molecule has 0 radical (unpaired) electrons. The molecule has 0 amide bonds. The molecule has 25 heavy (non-hydrogen) atoms. The minimum atomic E-state index is 0.212. The molecule has 0 saturated carbocycles. The zero-order valence-corrected chi connectivity index (χ0v) is 14.3. The largest absolute Gasteiger partial charge is 0.398 e. The first-order valence-corrected chi connectivity index (χ1v) is 8.53. The minimum Gasteiger partial charge on any atom is -0.398 e. The monoisotopic (exact) mass is 330 g/mol. The third kappa shape index (κ3) is 3.56. The lowest BCUT2D eigenvalue weighted by Crippen LogP contribution is -2.18. The highest BCUT2D eigenvalue weighted by molar-refractivity contribution is 6.10. The molecule has 4 heteroatoms. The average molecular weight is 330 g/mol. The first-order chi connectivity index (χ1) is 12.1. The molecule has 1 aliphatic rings. The third-order valence-corrected chi connectivity index (χ3v) is 4.60. The Kier molecular flexibility index (Phi) is 4.85. The Morgan fingerprint density at radius 1 is 1.32 bits per heavy atom. The summed E-state index contributed by atoms with van der Waals surface area (Å²) in [6, 6.07) is 14.1. The molecule has 0 aliphatic heterocycles. The van der Waals surface area contributed by atoms with Gasteiger partial charge in [-0.05, 0) is 73.7 Å². The fourth-order valence-electron chi connectivity index (χ4n) is 3.37. The van der Waals surface area contributed by atoms with E-state index in [0.717, 1.165) is 30.5 Å². The van der Waals surface area contributed by atoms with Crippen LogP contribution in [-0.2, 0) is 6.42 Å². The van der Waals surface area contributed by atoms with Crippen LogP contribution in [0.15, 0.2) is 48.6 Å². The number of rotatable bonds is 4. The molecule has 2 aromatic carbocycles. The van der Waals surface area contributed by atoms with Crippen LogP contribution in [0.1, 0.15) is 48.1 Å². The zero-order valence-electron chi connectivity index (χ0n) is 14.3. The number of hydrogen-bond acceptors (Lipinski definition) is 4. The molecule has 4 N–H and O–H groups in total. The molecule has 1 unspecified atom stereocenters. The number of hydrogen-bond donors (Lipinski definition) is 3. The molecule has 4 nitrogen and oxygen atoms in total. The average Bonchev–Trinajstić information content (AvgIpc) is 2.63. The van der Waals surface area contributed by atoms with Crippen molar-refractivity contribution in [1.29, 1.82) is 10.7 Å². The van der Waals surface area contributed by atoms with Crippen LogP contribution in [-0.4, -0.2) is 5.71 Å². The number of anilines is 2. The summed E-state index contributed by atoms with van der Waals surface area (Å²) in [7, 11) is 0. The predicted molar refractivity (Wildman–Crippen MR) is 103 cm³/mol. The van der Waals surface area contributed by atoms with Crippen LogP contribution >= 0.6 is 0 Å². The van der Waals surface area contributed by atoms with Crippen molar-refractivity contribution in [3.05, 3.63) is 70.8 Å². The van der Waals surface area contributed by atoms with Crippen molar-refractivity contribution >= 4 is 17.1 Å². The van der Waals surface area contributed by atoms with E-state index in [2.05, 4.69) is 17.5 Å². The highest BCUT2D eigenvalue weighted by atomic mass is 14.9. The van der Waals surface area contributed by atoms with Crippen LogP contribution in [0.25, 0.3) is 0 Å². The maximum Gasteiger partial charge on any atom is 0.0991 e. The molecule has 0 saturated heterocycles. The molecule has 2 aromatic rings.